The zero-order valence-electron chi connectivity index (χ0n) is 10.1. The molecule has 0 fully saturated rings. The lowest BCUT2D eigenvalue weighted by Crippen LogP contribution is -2.09. The molecule has 20 heavy (non-hydrogen) atoms. The molecule has 0 N–H and O–H groups in total. The van der Waals surface area contributed by atoms with Crippen LogP contribution >= 0.6 is 11.6 Å². The van der Waals surface area contributed by atoms with Crippen LogP contribution in [0.3, 0.4) is 0 Å². The van der Waals surface area contributed by atoms with E-state index in [9.17, 15) is 4.79 Å². The molecule has 0 saturated carbocycles. The first-order valence-corrected chi connectivity index (χ1v) is 5.82. The summed E-state index contributed by atoms with van der Waals surface area (Å²) in [6.45, 7) is 1.84. The van der Waals surface area contributed by atoms with Crippen LogP contribution in [-0.4, -0.2) is 37.9 Å². The van der Waals surface area contributed by atoms with Crippen molar-refractivity contribution in [3.05, 3.63) is 21.8 Å². The fourth-order valence-corrected chi connectivity index (χ4v) is 1.61. The molecule has 2 aromatic heterocycles. The second kappa shape index (κ2) is 5.99. The van der Waals surface area contributed by atoms with Gasteiger partial charge >= 0.3 is 5.97 Å². The third kappa shape index (κ3) is 2.39. The van der Waals surface area contributed by atoms with E-state index < -0.39 is 5.97 Å². The van der Waals surface area contributed by atoms with Crippen molar-refractivity contribution >= 4 is 23.4 Å². The van der Waals surface area contributed by atoms with E-state index in [4.69, 9.17) is 21.9 Å². The molecule has 2 rings (SSSR count). The lowest BCUT2D eigenvalue weighted by Gasteiger charge is -2.01. The fourth-order valence-electron chi connectivity index (χ4n) is 1.37. The van der Waals surface area contributed by atoms with Crippen molar-refractivity contribution in [3.8, 4) is 5.82 Å². The van der Waals surface area contributed by atoms with Gasteiger partial charge in [0.25, 0.3) is 0 Å². The predicted octanol–water partition coefficient (Wildman–Crippen LogP) is 1.51. The monoisotopic (exact) mass is 298 g/mol. The van der Waals surface area contributed by atoms with E-state index in [1.165, 1.54) is 0 Å². The van der Waals surface area contributed by atoms with Gasteiger partial charge in [-0.15, -0.1) is 16.7 Å². The van der Waals surface area contributed by atoms with Crippen molar-refractivity contribution in [1.29, 1.82) is 0 Å². The van der Waals surface area contributed by atoms with Gasteiger partial charge in [0.2, 0.25) is 11.6 Å². The van der Waals surface area contributed by atoms with Gasteiger partial charge in [-0.05, 0) is 27.9 Å². The maximum absolute atomic E-state index is 11.7. The van der Waals surface area contributed by atoms with Gasteiger partial charge in [0.1, 0.15) is 0 Å². The molecule has 0 radical (unpaired) electrons. The summed E-state index contributed by atoms with van der Waals surface area (Å²) in [5.74, 6) is -0.944. The number of ether oxygens (including phenoxy) is 1. The van der Waals surface area contributed by atoms with E-state index in [1.54, 1.807) is 6.92 Å². The molecule has 0 amide bonds. The van der Waals surface area contributed by atoms with Gasteiger partial charge in [0, 0.05) is 4.91 Å². The van der Waals surface area contributed by atoms with Gasteiger partial charge in [-0.1, -0.05) is 5.21 Å². The maximum atomic E-state index is 11.7. The summed E-state index contributed by atoms with van der Waals surface area (Å²) in [4.78, 5) is 14.2. The number of carbonyl (C=O) groups is 1. The molecule has 2 aromatic rings. The Hall–Kier alpha value is -2.65. The van der Waals surface area contributed by atoms with Gasteiger partial charge in [0.05, 0.1) is 18.2 Å². The third-order valence-corrected chi connectivity index (χ3v) is 2.41. The summed E-state index contributed by atoms with van der Waals surface area (Å²) in [7, 11) is 0. The number of rotatable bonds is 5. The van der Waals surface area contributed by atoms with Crippen LogP contribution in [0, 0.1) is 0 Å². The molecule has 0 atom stereocenters. The molecule has 104 valence electrons. The summed E-state index contributed by atoms with van der Waals surface area (Å²) in [6.07, 6.45) is 0. The molecule has 12 heteroatoms. The standard InChI is InChI=1S/C8H7ClN8O3/c1-2-19-8(18)5-4(3-9)17(16-11-5)7-6(12-15-10)13-20-14-7/h2-3H2,1H3. The van der Waals surface area contributed by atoms with E-state index in [1.807, 2.05) is 0 Å². The molecular formula is C8H7ClN8O3. The molecule has 0 aliphatic heterocycles. The number of alkyl halides is 1. The van der Waals surface area contributed by atoms with Crippen LogP contribution in [-0.2, 0) is 10.6 Å². The van der Waals surface area contributed by atoms with Crippen molar-refractivity contribution in [2.45, 2.75) is 12.8 Å². The quantitative estimate of drug-likeness (QED) is 0.267. The van der Waals surface area contributed by atoms with Gasteiger partial charge in [-0.3, -0.25) is 0 Å². The highest BCUT2D eigenvalue weighted by Crippen LogP contribution is 2.21. The number of halogens is 1. The minimum Gasteiger partial charge on any atom is -0.461 e. The van der Waals surface area contributed by atoms with E-state index in [0.29, 0.717) is 0 Å². The second-order valence-electron chi connectivity index (χ2n) is 3.25. The van der Waals surface area contributed by atoms with Crippen LogP contribution in [0.25, 0.3) is 16.3 Å². The largest absolute Gasteiger partial charge is 0.461 e. The number of esters is 1. The number of hydrogen-bond donors (Lipinski definition) is 0. The Bertz CT molecular complexity index is 673. The highest BCUT2D eigenvalue weighted by atomic mass is 35.5. The first-order valence-electron chi connectivity index (χ1n) is 5.28. The summed E-state index contributed by atoms with van der Waals surface area (Å²) in [6, 6.07) is 0. The predicted molar refractivity (Wildman–Crippen MR) is 63.5 cm³/mol. The minimum absolute atomic E-state index is 0.0264. The lowest BCUT2D eigenvalue weighted by atomic mass is 10.3. The van der Waals surface area contributed by atoms with Gasteiger partial charge in [0.15, 0.2) is 5.69 Å². The van der Waals surface area contributed by atoms with E-state index in [0.717, 1.165) is 4.68 Å². The number of aromatic nitrogens is 5. The Morgan fingerprint density at radius 1 is 1.60 bits per heavy atom. The zero-order valence-corrected chi connectivity index (χ0v) is 10.9. The van der Waals surface area contributed by atoms with E-state index in [2.05, 4.69) is 35.3 Å². The highest BCUT2D eigenvalue weighted by Gasteiger charge is 2.24. The molecule has 11 nitrogen and oxygen atoms in total. The second-order valence-corrected chi connectivity index (χ2v) is 3.52. The summed E-state index contributed by atoms with van der Waals surface area (Å²) in [5.41, 5.74) is 8.56. The van der Waals surface area contributed by atoms with Crippen LogP contribution in [0.15, 0.2) is 9.74 Å². The first-order chi connectivity index (χ1) is 9.72. The molecule has 2 heterocycles. The van der Waals surface area contributed by atoms with Gasteiger partial charge < -0.3 is 4.74 Å². The molecule has 0 spiro atoms. The van der Waals surface area contributed by atoms with E-state index >= 15 is 0 Å². The van der Waals surface area contributed by atoms with Crippen LogP contribution in [0.2, 0.25) is 0 Å². The zero-order chi connectivity index (χ0) is 14.5. The summed E-state index contributed by atoms with van der Waals surface area (Å²) in [5, 5.41) is 17.6. The number of carbonyl (C=O) groups excluding carboxylic acids is 1. The Labute approximate surface area is 116 Å². The topological polar surface area (TPSA) is 145 Å². The van der Waals surface area contributed by atoms with Crippen LogP contribution in [0.1, 0.15) is 23.1 Å². The highest BCUT2D eigenvalue weighted by molar-refractivity contribution is 6.17. The van der Waals surface area contributed by atoms with Gasteiger partial charge in [-0.2, -0.15) is 4.68 Å². The normalized spacial score (nSPS) is 10.1. The number of nitrogens with zero attached hydrogens (tertiary/aromatic N) is 8. The van der Waals surface area contributed by atoms with Crippen LogP contribution in [0.5, 0.6) is 0 Å². The van der Waals surface area contributed by atoms with Crippen molar-refractivity contribution in [2.24, 2.45) is 5.11 Å². The third-order valence-electron chi connectivity index (χ3n) is 2.15. The average molecular weight is 299 g/mol. The van der Waals surface area contributed by atoms with Crippen molar-refractivity contribution in [2.75, 3.05) is 6.61 Å². The Balaban J connectivity index is 2.50. The Morgan fingerprint density at radius 2 is 2.40 bits per heavy atom. The van der Waals surface area contributed by atoms with Crippen molar-refractivity contribution in [1.82, 2.24) is 25.3 Å². The first kappa shape index (κ1) is 13.8. The molecule has 0 bridgehead atoms. The Kier molecular flexibility index (Phi) is 4.13. The van der Waals surface area contributed by atoms with Crippen molar-refractivity contribution in [3.63, 3.8) is 0 Å². The van der Waals surface area contributed by atoms with Crippen LogP contribution in [0.4, 0.5) is 5.82 Å². The van der Waals surface area contributed by atoms with E-state index in [-0.39, 0.29) is 35.5 Å². The lowest BCUT2D eigenvalue weighted by molar-refractivity contribution is 0.0518. The van der Waals surface area contributed by atoms with Gasteiger partial charge in [-0.25, -0.2) is 9.42 Å². The average Bonchev–Trinajstić information content (AvgIpc) is 3.04. The molecule has 0 aliphatic carbocycles. The molecule has 0 unspecified atom stereocenters. The van der Waals surface area contributed by atoms with Crippen LogP contribution < -0.4 is 0 Å². The summed E-state index contributed by atoms with van der Waals surface area (Å²) < 4.78 is 10.4. The molecule has 0 saturated heterocycles. The molecule has 0 aliphatic rings. The summed E-state index contributed by atoms with van der Waals surface area (Å²) >= 11 is 5.78. The smallest absolute Gasteiger partial charge is 0.360 e. The SMILES string of the molecule is CCOC(=O)c1nnn(-c2nonc2N=[N+]=[N-])c1CCl. The Morgan fingerprint density at radius 3 is 3.05 bits per heavy atom. The molecular weight excluding hydrogens is 292 g/mol. The number of azide groups is 1. The minimum atomic E-state index is -0.670. The molecule has 0 aromatic carbocycles. The fraction of sp³-hybridized carbons (Fsp3) is 0.375. The maximum Gasteiger partial charge on any atom is 0.360 e. The number of hydrogen-bond acceptors (Lipinski definition) is 8. The van der Waals surface area contributed by atoms with Crippen molar-refractivity contribution < 1.29 is 14.2 Å².